The Hall–Kier alpha value is -1.10. The van der Waals surface area contributed by atoms with Crippen molar-refractivity contribution in [1.82, 2.24) is 4.90 Å². The van der Waals surface area contributed by atoms with E-state index in [2.05, 4.69) is 18.2 Å². The number of ether oxygens (including phenoxy) is 1. The van der Waals surface area contributed by atoms with Gasteiger partial charge in [-0.25, -0.2) is 0 Å². The lowest BCUT2D eigenvalue weighted by Gasteiger charge is -2.40. The van der Waals surface area contributed by atoms with Crippen molar-refractivity contribution in [3.63, 3.8) is 0 Å². The van der Waals surface area contributed by atoms with E-state index in [9.17, 15) is 4.79 Å². The van der Waals surface area contributed by atoms with Crippen LogP contribution in [0.2, 0.25) is 0 Å². The van der Waals surface area contributed by atoms with Crippen LogP contribution in [0.3, 0.4) is 0 Å². The first-order chi connectivity index (χ1) is 9.75. The lowest BCUT2D eigenvalue weighted by Crippen LogP contribution is -2.51. The number of fused-ring (bicyclic) bond motifs is 1. The van der Waals surface area contributed by atoms with Gasteiger partial charge in [0.05, 0.1) is 5.41 Å². The number of benzene rings is 1. The predicted molar refractivity (Wildman–Crippen MR) is 84.4 cm³/mol. The first kappa shape index (κ1) is 16.3. The molecule has 5 heteroatoms. The van der Waals surface area contributed by atoms with Crippen molar-refractivity contribution in [2.24, 2.45) is 11.1 Å². The number of carbonyl (C=O) groups is 1. The normalized spacial score (nSPS) is 20.3. The molecule has 3 rings (SSSR count). The van der Waals surface area contributed by atoms with E-state index in [1.54, 1.807) is 0 Å². The molecule has 1 aromatic rings. The number of halogens is 1. The SMILES string of the molecule is Cl.NCC1(C(=O)N2CCc3ccccc3C2)CCOCC1. The second kappa shape index (κ2) is 6.77. The molecule has 2 aliphatic heterocycles. The Morgan fingerprint density at radius 2 is 1.90 bits per heavy atom. The summed E-state index contributed by atoms with van der Waals surface area (Å²) in [6, 6.07) is 8.38. The van der Waals surface area contributed by atoms with Crippen LogP contribution in [0.1, 0.15) is 24.0 Å². The van der Waals surface area contributed by atoms with Crippen molar-refractivity contribution in [2.75, 3.05) is 26.3 Å². The van der Waals surface area contributed by atoms with Gasteiger partial charge in [-0.2, -0.15) is 0 Å². The van der Waals surface area contributed by atoms with Crippen molar-refractivity contribution >= 4 is 18.3 Å². The summed E-state index contributed by atoms with van der Waals surface area (Å²) >= 11 is 0. The van der Waals surface area contributed by atoms with Crippen LogP contribution in [-0.4, -0.2) is 37.1 Å². The molecule has 2 N–H and O–H groups in total. The third kappa shape index (κ3) is 3.07. The molecule has 2 heterocycles. The molecule has 0 saturated carbocycles. The molecule has 1 fully saturated rings. The van der Waals surface area contributed by atoms with Gasteiger partial charge in [0.25, 0.3) is 0 Å². The summed E-state index contributed by atoms with van der Waals surface area (Å²) in [7, 11) is 0. The first-order valence-electron chi connectivity index (χ1n) is 7.39. The fourth-order valence-electron chi connectivity index (χ4n) is 3.27. The predicted octanol–water partition coefficient (Wildman–Crippen LogP) is 1.75. The summed E-state index contributed by atoms with van der Waals surface area (Å²) in [5, 5.41) is 0. The first-order valence-corrected chi connectivity index (χ1v) is 7.39. The maximum atomic E-state index is 12.9. The zero-order valence-corrected chi connectivity index (χ0v) is 13.0. The Balaban J connectivity index is 0.00000161. The summed E-state index contributed by atoms with van der Waals surface area (Å²) in [4.78, 5) is 14.9. The van der Waals surface area contributed by atoms with Gasteiger partial charge in [-0.15, -0.1) is 12.4 Å². The van der Waals surface area contributed by atoms with Gasteiger partial charge in [0.15, 0.2) is 0 Å². The van der Waals surface area contributed by atoms with Gasteiger partial charge >= 0.3 is 0 Å². The maximum Gasteiger partial charge on any atom is 0.230 e. The molecule has 1 amide bonds. The smallest absolute Gasteiger partial charge is 0.230 e. The second-order valence-electron chi connectivity index (χ2n) is 5.84. The largest absolute Gasteiger partial charge is 0.381 e. The average Bonchev–Trinajstić information content (AvgIpc) is 2.54. The molecular formula is C16H23ClN2O2. The minimum Gasteiger partial charge on any atom is -0.381 e. The van der Waals surface area contributed by atoms with Gasteiger partial charge in [0.2, 0.25) is 5.91 Å². The molecule has 0 unspecified atom stereocenters. The van der Waals surface area contributed by atoms with Crippen molar-refractivity contribution in [1.29, 1.82) is 0 Å². The highest BCUT2D eigenvalue weighted by atomic mass is 35.5. The van der Waals surface area contributed by atoms with Crippen LogP contribution >= 0.6 is 12.4 Å². The van der Waals surface area contributed by atoms with E-state index in [1.165, 1.54) is 11.1 Å². The molecule has 0 atom stereocenters. The summed E-state index contributed by atoms with van der Waals surface area (Å²) < 4.78 is 5.39. The Bertz CT molecular complexity index is 501. The summed E-state index contributed by atoms with van der Waals surface area (Å²) in [5.74, 6) is 0.220. The van der Waals surface area contributed by atoms with Crippen LogP contribution in [-0.2, 0) is 22.5 Å². The van der Waals surface area contributed by atoms with Gasteiger partial charge in [-0.05, 0) is 30.4 Å². The van der Waals surface area contributed by atoms with Crippen molar-refractivity contribution in [2.45, 2.75) is 25.8 Å². The van der Waals surface area contributed by atoms with Crippen molar-refractivity contribution < 1.29 is 9.53 Å². The van der Waals surface area contributed by atoms with E-state index >= 15 is 0 Å². The fourth-order valence-corrected chi connectivity index (χ4v) is 3.27. The van der Waals surface area contributed by atoms with E-state index in [4.69, 9.17) is 10.5 Å². The quantitative estimate of drug-likeness (QED) is 0.905. The number of amides is 1. The Kier molecular flexibility index (Phi) is 5.25. The van der Waals surface area contributed by atoms with E-state index < -0.39 is 5.41 Å². The molecule has 21 heavy (non-hydrogen) atoms. The zero-order valence-electron chi connectivity index (χ0n) is 12.2. The number of nitrogens with zero attached hydrogens (tertiary/aromatic N) is 1. The van der Waals surface area contributed by atoms with Crippen LogP contribution < -0.4 is 5.73 Å². The Morgan fingerprint density at radius 1 is 1.24 bits per heavy atom. The molecule has 0 spiro atoms. The molecule has 1 aromatic carbocycles. The van der Waals surface area contributed by atoms with Gasteiger partial charge in [0.1, 0.15) is 0 Å². The van der Waals surface area contributed by atoms with E-state index in [0.29, 0.717) is 19.8 Å². The summed E-state index contributed by atoms with van der Waals surface area (Å²) in [6.07, 6.45) is 2.44. The van der Waals surface area contributed by atoms with Crippen molar-refractivity contribution in [3.8, 4) is 0 Å². The molecule has 0 aromatic heterocycles. The molecule has 116 valence electrons. The molecule has 0 radical (unpaired) electrons. The van der Waals surface area contributed by atoms with Gasteiger partial charge in [-0.3, -0.25) is 4.79 Å². The number of carbonyl (C=O) groups excluding carboxylic acids is 1. The van der Waals surface area contributed by atoms with E-state index in [0.717, 1.165) is 32.4 Å². The fraction of sp³-hybridized carbons (Fsp3) is 0.562. The summed E-state index contributed by atoms with van der Waals surface area (Å²) in [6.45, 7) is 3.24. The van der Waals surface area contributed by atoms with Gasteiger partial charge < -0.3 is 15.4 Å². The number of hydrogen-bond acceptors (Lipinski definition) is 3. The maximum absolute atomic E-state index is 12.9. The molecule has 0 bridgehead atoms. The monoisotopic (exact) mass is 310 g/mol. The molecular weight excluding hydrogens is 288 g/mol. The standard InChI is InChI=1S/C16H22N2O2.ClH/c17-12-16(6-9-20-10-7-16)15(19)18-8-5-13-3-1-2-4-14(13)11-18;/h1-4H,5-12,17H2;1H. The van der Waals surface area contributed by atoms with Crippen LogP contribution in [0.25, 0.3) is 0 Å². The van der Waals surface area contributed by atoms with Crippen LogP contribution in [0, 0.1) is 5.41 Å². The number of nitrogens with two attached hydrogens (primary N) is 1. The average molecular weight is 311 g/mol. The Labute approximate surface area is 132 Å². The third-order valence-corrected chi connectivity index (χ3v) is 4.71. The number of rotatable bonds is 2. The highest BCUT2D eigenvalue weighted by Crippen LogP contribution is 2.33. The van der Waals surface area contributed by atoms with Gasteiger partial charge in [0, 0.05) is 32.8 Å². The van der Waals surface area contributed by atoms with Crippen LogP contribution in [0.4, 0.5) is 0 Å². The highest BCUT2D eigenvalue weighted by Gasteiger charge is 2.41. The minimum absolute atomic E-state index is 0. The van der Waals surface area contributed by atoms with E-state index in [1.807, 2.05) is 11.0 Å². The zero-order chi connectivity index (χ0) is 14.0. The molecule has 1 saturated heterocycles. The molecule has 0 aliphatic carbocycles. The van der Waals surface area contributed by atoms with Crippen LogP contribution in [0.15, 0.2) is 24.3 Å². The number of hydrogen-bond donors (Lipinski definition) is 1. The summed E-state index contributed by atoms with van der Waals surface area (Å²) in [5.41, 5.74) is 8.17. The van der Waals surface area contributed by atoms with Crippen LogP contribution in [0.5, 0.6) is 0 Å². The van der Waals surface area contributed by atoms with Gasteiger partial charge in [-0.1, -0.05) is 24.3 Å². The molecule has 2 aliphatic rings. The second-order valence-corrected chi connectivity index (χ2v) is 5.84. The third-order valence-electron chi connectivity index (χ3n) is 4.71. The topological polar surface area (TPSA) is 55.6 Å². The minimum atomic E-state index is -0.398. The van der Waals surface area contributed by atoms with Crippen molar-refractivity contribution in [3.05, 3.63) is 35.4 Å². The highest BCUT2D eigenvalue weighted by molar-refractivity contribution is 5.85. The molecule has 4 nitrogen and oxygen atoms in total. The Morgan fingerprint density at radius 3 is 2.57 bits per heavy atom. The lowest BCUT2D eigenvalue weighted by molar-refractivity contribution is -0.148. The lowest BCUT2D eigenvalue weighted by atomic mass is 9.78. The van der Waals surface area contributed by atoms with E-state index in [-0.39, 0.29) is 18.3 Å².